The number of pyridine rings is 1. The molecule has 0 amide bonds. The fraction of sp³-hybridized carbons (Fsp3) is 0.391. The summed E-state index contributed by atoms with van der Waals surface area (Å²) in [5.41, 5.74) is 1.97. The van der Waals surface area contributed by atoms with Gasteiger partial charge < -0.3 is 14.4 Å². The first-order chi connectivity index (χ1) is 13.8. The summed E-state index contributed by atoms with van der Waals surface area (Å²) in [6, 6.07) is 13.9. The molecule has 1 saturated carbocycles. The highest BCUT2D eigenvalue weighted by molar-refractivity contribution is 5.58. The van der Waals surface area contributed by atoms with Crippen LogP contribution in [0.2, 0.25) is 0 Å². The Morgan fingerprint density at radius 2 is 1.82 bits per heavy atom. The molecule has 2 aromatic heterocycles. The Labute approximate surface area is 166 Å². The standard InChI is InChI=1S/C23H27N3O2/c27-16-19-9-7-18(8-10-19)15-26-13-12-25-23(26)20-4-3-6-22(14-20)28-17-21-5-1-2-11-24-21/h1-6,11-14,18-19,27H,7-10,15-17H2. The summed E-state index contributed by atoms with van der Waals surface area (Å²) in [6.45, 7) is 1.76. The van der Waals surface area contributed by atoms with E-state index in [4.69, 9.17) is 4.74 Å². The molecule has 0 spiro atoms. The molecule has 3 aromatic rings. The second kappa shape index (κ2) is 9.02. The van der Waals surface area contributed by atoms with E-state index in [1.807, 2.05) is 42.6 Å². The van der Waals surface area contributed by atoms with Crippen molar-refractivity contribution in [3.05, 3.63) is 66.7 Å². The largest absolute Gasteiger partial charge is 0.487 e. The Bertz CT molecular complexity index is 870. The minimum Gasteiger partial charge on any atom is -0.487 e. The maximum absolute atomic E-state index is 9.34. The van der Waals surface area contributed by atoms with Gasteiger partial charge in [-0.2, -0.15) is 0 Å². The van der Waals surface area contributed by atoms with E-state index in [1.165, 1.54) is 12.8 Å². The smallest absolute Gasteiger partial charge is 0.140 e. The van der Waals surface area contributed by atoms with Crippen molar-refractivity contribution >= 4 is 0 Å². The highest BCUT2D eigenvalue weighted by Gasteiger charge is 2.21. The van der Waals surface area contributed by atoms with Crippen LogP contribution in [0.1, 0.15) is 31.4 Å². The number of ether oxygens (including phenoxy) is 1. The molecule has 0 saturated heterocycles. The molecule has 1 fully saturated rings. The van der Waals surface area contributed by atoms with Crippen LogP contribution in [0.25, 0.3) is 11.4 Å². The Hall–Kier alpha value is -2.66. The van der Waals surface area contributed by atoms with E-state index >= 15 is 0 Å². The fourth-order valence-corrected chi connectivity index (χ4v) is 3.96. The van der Waals surface area contributed by atoms with E-state index in [0.29, 0.717) is 25.0 Å². The van der Waals surface area contributed by atoms with Crippen molar-refractivity contribution in [1.29, 1.82) is 0 Å². The van der Waals surface area contributed by atoms with Gasteiger partial charge in [0.05, 0.1) is 5.69 Å². The lowest BCUT2D eigenvalue weighted by molar-refractivity contribution is 0.161. The quantitative estimate of drug-likeness (QED) is 0.666. The number of aliphatic hydroxyl groups excluding tert-OH is 1. The predicted octanol–water partition coefficient (Wildman–Crippen LogP) is 4.32. The zero-order valence-electron chi connectivity index (χ0n) is 16.1. The van der Waals surface area contributed by atoms with Crippen LogP contribution in [0.5, 0.6) is 5.75 Å². The molecule has 2 heterocycles. The molecular weight excluding hydrogens is 350 g/mol. The molecular formula is C23H27N3O2. The van der Waals surface area contributed by atoms with Crippen LogP contribution in [0, 0.1) is 11.8 Å². The number of hydrogen-bond acceptors (Lipinski definition) is 4. The third kappa shape index (κ3) is 4.60. The van der Waals surface area contributed by atoms with Crippen molar-refractivity contribution in [2.24, 2.45) is 11.8 Å². The summed E-state index contributed by atoms with van der Waals surface area (Å²) in [5.74, 6) is 2.94. The van der Waals surface area contributed by atoms with Gasteiger partial charge in [-0.05, 0) is 61.8 Å². The maximum atomic E-state index is 9.34. The molecule has 1 aliphatic rings. The molecule has 5 nitrogen and oxygen atoms in total. The van der Waals surface area contributed by atoms with Crippen LogP contribution in [0.4, 0.5) is 0 Å². The monoisotopic (exact) mass is 377 g/mol. The van der Waals surface area contributed by atoms with Gasteiger partial charge in [0.25, 0.3) is 0 Å². The summed E-state index contributed by atoms with van der Waals surface area (Å²) in [7, 11) is 0. The van der Waals surface area contributed by atoms with E-state index in [1.54, 1.807) is 6.20 Å². The lowest BCUT2D eigenvalue weighted by atomic mass is 9.82. The summed E-state index contributed by atoms with van der Waals surface area (Å²) >= 11 is 0. The number of imidazole rings is 1. The number of aliphatic hydroxyl groups is 1. The van der Waals surface area contributed by atoms with Crippen LogP contribution in [-0.4, -0.2) is 26.2 Å². The van der Waals surface area contributed by atoms with Crippen LogP contribution in [0.15, 0.2) is 61.1 Å². The predicted molar refractivity (Wildman–Crippen MR) is 109 cm³/mol. The van der Waals surface area contributed by atoms with Gasteiger partial charge in [-0.1, -0.05) is 18.2 Å². The van der Waals surface area contributed by atoms with Crippen molar-refractivity contribution in [3.63, 3.8) is 0 Å². The lowest BCUT2D eigenvalue weighted by Gasteiger charge is -2.27. The van der Waals surface area contributed by atoms with Gasteiger partial charge in [-0.3, -0.25) is 4.98 Å². The maximum Gasteiger partial charge on any atom is 0.140 e. The number of aromatic nitrogens is 3. The molecule has 0 unspecified atom stereocenters. The van der Waals surface area contributed by atoms with E-state index in [-0.39, 0.29) is 0 Å². The van der Waals surface area contributed by atoms with Crippen LogP contribution in [-0.2, 0) is 13.2 Å². The van der Waals surface area contributed by atoms with Gasteiger partial charge in [0.2, 0.25) is 0 Å². The molecule has 1 aromatic carbocycles. The molecule has 1 N–H and O–H groups in total. The first-order valence-corrected chi connectivity index (χ1v) is 10.1. The number of rotatable bonds is 7. The van der Waals surface area contributed by atoms with Crippen molar-refractivity contribution in [2.75, 3.05) is 6.61 Å². The molecule has 0 radical (unpaired) electrons. The number of benzene rings is 1. The Balaban J connectivity index is 1.43. The topological polar surface area (TPSA) is 60.2 Å². The van der Waals surface area contributed by atoms with Crippen LogP contribution < -0.4 is 4.74 Å². The average molecular weight is 377 g/mol. The molecule has 4 rings (SSSR count). The van der Waals surface area contributed by atoms with Crippen molar-refractivity contribution in [3.8, 4) is 17.1 Å². The highest BCUT2D eigenvalue weighted by Crippen LogP contribution is 2.31. The molecule has 146 valence electrons. The Morgan fingerprint density at radius 1 is 0.964 bits per heavy atom. The second-order valence-electron chi connectivity index (χ2n) is 7.61. The normalized spacial score (nSPS) is 19.5. The Morgan fingerprint density at radius 3 is 2.61 bits per heavy atom. The molecule has 0 atom stereocenters. The van der Waals surface area contributed by atoms with Crippen LogP contribution >= 0.6 is 0 Å². The number of nitrogens with zero attached hydrogens (tertiary/aromatic N) is 3. The van der Waals surface area contributed by atoms with E-state index < -0.39 is 0 Å². The number of hydrogen-bond donors (Lipinski definition) is 1. The van der Waals surface area contributed by atoms with E-state index in [0.717, 1.165) is 42.2 Å². The minimum atomic E-state index is 0.328. The summed E-state index contributed by atoms with van der Waals surface area (Å²) in [5, 5.41) is 9.34. The third-order valence-electron chi connectivity index (χ3n) is 5.60. The molecule has 5 heteroatoms. The van der Waals surface area contributed by atoms with Gasteiger partial charge in [-0.25, -0.2) is 4.98 Å². The van der Waals surface area contributed by atoms with Gasteiger partial charge in [-0.15, -0.1) is 0 Å². The second-order valence-corrected chi connectivity index (χ2v) is 7.61. The van der Waals surface area contributed by atoms with Crippen molar-refractivity contribution in [2.45, 2.75) is 38.8 Å². The third-order valence-corrected chi connectivity index (χ3v) is 5.60. The molecule has 0 bridgehead atoms. The van der Waals surface area contributed by atoms with E-state index in [9.17, 15) is 5.11 Å². The summed E-state index contributed by atoms with van der Waals surface area (Å²) < 4.78 is 8.17. The Kier molecular flexibility index (Phi) is 6.02. The first kappa shape index (κ1) is 18.7. The van der Waals surface area contributed by atoms with Crippen molar-refractivity contribution in [1.82, 2.24) is 14.5 Å². The zero-order chi connectivity index (χ0) is 19.2. The van der Waals surface area contributed by atoms with Gasteiger partial charge >= 0.3 is 0 Å². The van der Waals surface area contributed by atoms with Gasteiger partial charge in [0, 0.05) is 37.3 Å². The highest BCUT2D eigenvalue weighted by atomic mass is 16.5. The van der Waals surface area contributed by atoms with Gasteiger partial charge in [0.15, 0.2) is 0 Å². The first-order valence-electron chi connectivity index (χ1n) is 10.1. The molecule has 28 heavy (non-hydrogen) atoms. The summed E-state index contributed by atoms with van der Waals surface area (Å²) in [6.07, 6.45) is 10.3. The minimum absolute atomic E-state index is 0.328. The zero-order valence-corrected chi connectivity index (χ0v) is 16.1. The summed E-state index contributed by atoms with van der Waals surface area (Å²) in [4.78, 5) is 8.90. The van der Waals surface area contributed by atoms with Crippen molar-refractivity contribution < 1.29 is 9.84 Å². The molecule has 1 aliphatic carbocycles. The van der Waals surface area contributed by atoms with E-state index in [2.05, 4.69) is 26.8 Å². The molecule has 0 aliphatic heterocycles. The van der Waals surface area contributed by atoms with Gasteiger partial charge in [0.1, 0.15) is 18.2 Å². The average Bonchev–Trinajstić information content (AvgIpc) is 3.22. The SMILES string of the molecule is OCC1CCC(Cn2ccnc2-c2cccc(OCc3ccccn3)c2)CC1. The van der Waals surface area contributed by atoms with Crippen LogP contribution in [0.3, 0.4) is 0 Å². The fourth-order valence-electron chi connectivity index (χ4n) is 3.96. The lowest BCUT2D eigenvalue weighted by Crippen LogP contribution is -2.21.